The molecule has 132 valence electrons. The Hall–Kier alpha value is -3.74. The van der Waals surface area contributed by atoms with Gasteiger partial charge in [0.2, 0.25) is 5.82 Å². The summed E-state index contributed by atoms with van der Waals surface area (Å²) in [4.78, 5) is 26.0. The molecule has 0 spiro atoms. The van der Waals surface area contributed by atoms with Gasteiger partial charge in [0, 0.05) is 17.3 Å². The minimum atomic E-state index is -1.04. The molecule has 1 aromatic heterocycles. The first-order valence-electron chi connectivity index (χ1n) is 7.36. The standard InChI is InChI=1S/C18H13N3O4.CH4/c22-18(23)13-6-8-14(9-7-13)19-17-16(21(24)25)11-10-15(20-17)12-4-2-1-3-5-12;/h1-11H,(H,19,20)(H,22,23);1H4. The van der Waals surface area contributed by atoms with E-state index in [-0.39, 0.29) is 24.5 Å². The Morgan fingerprint density at radius 1 is 1.00 bits per heavy atom. The average molecular weight is 351 g/mol. The van der Waals surface area contributed by atoms with Crippen molar-refractivity contribution in [3.8, 4) is 11.3 Å². The van der Waals surface area contributed by atoms with E-state index in [2.05, 4.69) is 10.3 Å². The molecule has 2 N–H and O–H groups in total. The number of nitrogens with zero attached hydrogens (tertiary/aromatic N) is 2. The SMILES string of the molecule is C.O=C(O)c1ccc(Nc2nc(-c3ccccc3)ccc2[N+](=O)[O-])cc1. The van der Waals surface area contributed by atoms with Crippen LogP contribution in [0.15, 0.2) is 66.7 Å². The molecule has 0 aliphatic rings. The number of pyridine rings is 1. The minimum absolute atomic E-state index is 0. The lowest BCUT2D eigenvalue weighted by atomic mass is 10.1. The smallest absolute Gasteiger partial charge is 0.335 e. The highest BCUT2D eigenvalue weighted by molar-refractivity contribution is 5.88. The van der Waals surface area contributed by atoms with Crippen LogP contribution in [0.5, 0.6) is 0 Å². The van der Waals surface area contributed by atoms with Gasteiger partial charge < -0.3 is 10.4 Å². The third kappa shape index (κ3) is 4.02. The molecule has 0 unspecified atom stereocenters. The molecule has 3 aromatic rings. The molecule has 0 radical (unpaired) electrons. The number of carboxylic acid groups (broad SMARTS) is 1. The lowest BCUT2D eigenvalue weighted by Gasteiger charge is -2.09. The molecule has 0 fully saturated rings. The second-order valence-electron chi connectivity index (χ2n) is 5.19. The lowest BCUT2D eigenvalue weighted by Crippen LogP contribution is -2.01. The van der Waals surface area contributed by atoms with Gasteiger partial charge in [-0.05, 0) is 30.3 Å². The fraction of sp³-hybridized carbons (Fsp3) is 0.0526. The second kappa shape index (κ2) is 7.89. The van der Waals surface area contributed by atoms with E-state index < -0.39 is 10.9 Å². The first-order chi connectivity index (χ1) is 12.0. The van der Waals surface area contributed by atoms with Crippen molar-refractivity contribution in [2.24, 2.45) is 0 Å². The van der Waals surface area contributed by atoms with Crippen LogP contribution in [-0.4, -0.2) is 21.0 Å². The highest BCUT2D eigenvalue weighted by Crippen LogP contribution is 2.29. The maximum atomic E-state index is 11.3. The van der Waals surface area contributed by atoms with Crippen molar-refractivity contribution in [2.75, 3.05) is 5.32 Å². The Balaban J connectivity index is 0.00000243. The number of hydrogen-bond acceptors (Lipinski definition) is 5. The van der Waals surface area contributed by atoms with Crippen LogP contribution in [0.1, 0.15) is 17.8 Å². The van der Waals surface area contributed by atoms with Crippen LogP contribution in [0.2, 0.25) is 0 Å². The first-order valence-corrected chi connectivity index (χ1v) is 7.36. The second-order valence-corrected chi connectivity index (χ2v) is 5.19. The van der Waals surface area contributed by atoms with Gasteiger partial charge in [0.1, 0.15) is 0 Å². The molecule has 3 rings (SSSR count). The van der Waals surface area contributed by atoms with Crippen LogP contribution in [-0.2, 0) is 0 Å². The number of anilines is 2. The van der Waals surface area contributed by atoms with E-state index in [1.54, 1.807) is 6.07 Å². The third-order valence-corrected chi connectivity index (χ3v) is 3.53. The van der Waals surface area contributed by atoms with Crippen LogP contribution >= 0.6 is 0 Å². The monoisotopic (exact) mass is 351 g/mol. The number of aromatic nitrogens is 1. The van der Waals surface area contributed by atoms with Gasteiger partial charge >= 0.3 is 11.7 Å². The zero-order valence-electron chi connectivity index (χ0n) is 12.9. The van der Waals surface area contributed by atoms with Crippen molar-refractivity contribution < 1.29 is 14.8 Å². The zero-order valence-corrected chi connectivity index (χ0v) is 12.9. The number of benzene rings is 2. The van der Waals surface area contributed by atoms with E-state index in [9.17, 15) is 14.9 Å². The van der Waals surface area contributed by atoms with Gasteiger partial charge in [-0.25, -0.2) is 9.78 Å². The molecule has 0 atom stereocenters. The van der Waals surface area contributed by atoms with Crippen LogP contribution < -0.4 is 5.32 Å². The van der Waals surface area contributed by atoms with Crippen LogP contribution in [0.4, 0.5) is 17.2 Å². The lowest BCUT2D eigenvalue weighted by molar-refractivity contribution is -0.384. The van der Waals surface area contributed by atoms with Crippen LogP contribution in [0.25, 0.3) is 11.3 Å². The van der Waals surface area contributed by atoms with Crippen molar-refractivity contribution in [1.29, 1.82) is 0 Å². The summed E-state index contributed by atoms with van der Waals surface area (Å²) < 4.78 is 0. The Kier molecular flexibility index (Phi) is 5.64. The fourth-order valence-electron chi connectivity index (χ4n) is 2.29. The predicted octanol–water partition coefficient (Wildman–Crippen LogP) is 4.73. The molecule has 0 aliphatic heterocycles. The van der Waals surface area contributed by atoms with Crippen molar-refractivity contribution >= 4 is 23.2 Å². The minimum Gasteiger partial charge on any atom is -0.478 e. The van der Waals surface area contributed by atoms with Gasteiger partial charge in [-0.3, -0.25) is 10.1 Å². The number of rotatable bonds is 5. The maximum Gasteiger partial charge on any atom is 0.335 e. The van der Waals surface area contributed by atoms with Crippen molar-refractivity contribution in [3.63, 3.8) is 0 Å². The van der Waals surface area contributed by atoms with E-state index in [0.29, 0.717) is 11.4 Å². The summed E-state index contributed by atoms with van der Waals surface area (Å²) >= 11 is 0. The Morgan fingerprint density at radius 3 is 2.23 bits per heavy atom. The topological polar surface area (TPSA) is 105 Å². The van der Waals surface area contributed by atoms with Crippen LogP contribution in [0.3, 0.4) is 0 Å². The molecule has 2 aromatic carbocycles. The Morgan fingerprint density at radius 2 is 1.65 bits per heavy atom. The maximum absolute atomic E-state index is 11.3. The summed E-state index contributed by atoms with van der Waals surface area (Å²) in [5.74, 6) is -0.948. The molecular weight excluding hydrogens is 334 g/mol. The van der Waals surface area contributed by atoms with E-state index in [0.717, 1.165) is 5.56 Å². The number of carboxylic acids is 1. The largest absolute Gasteiger partial charge is 0.478 e. The quantitative estimate of drug-likeness (QED) is 0.508. The van der Waals surface area contributed by atoms with Gasteiger partial charge in [0.05, 0.1) is 16.2 Å². The summed E-state index contributed by atoms with van der Waals surface area (Å²) in [6.45, 7) is 0. The first kappa shape index (κ1) is 18.6. The number of hydrogen-bond donors (Lipinski definition) is 2. The average Bonchev–Trinajstić information content (AvgIpc) is 2.62. The number of aromatic carboxylic acids is 1. The molecule has 7 nitrogen and oxygen atoms in total. The highest BCUT2D eigenvalue weighted by Gasteiger charge is 2.17. The molecule has 1 heterocycles. The normalized spacial score (nSPS) is 9.85. The molecule has 0 amide bonds. The van der Waals surface area contributed by atoms with Crippen molar-refractivity contribution in [1.82, 2.24) is 4.98 Å². The van der Waals surface area contributed by atoms with Crippen molar-refractivity contribution in [2.45, 2.75) is 7.43 Å². The number of nitrogens with one attached hydrogen (secondary N) is 1. The van der Waals surface area contributed by atoms with E-state index in [1.165, 1.54) is 30.3 Å². The highest BCUT2D eigenvalue weighted by atomic mass is 16.6. The van der Waals surface area contributed by atoms with E-state index in [4.69, 9.17) is 5.11 Å². The van der Waals surface area contributed by atoms with Gasteiger partial charge in [0.15, 0.2) is 0 Å². The molecule has 0 bridgehead atoms. The van der Waals surface area contributed by atoms with Gasteiger partial charge in [-0.2, -0.15) is 0 Å². The van der Waals surface area contributed by atoms with Crippen molar-refractivity contribution in [3.05, 3.63) is 82.4 Å². The summed E-state index contributed by atoms with van der Waals surface area (Å²) in [6, 6.07) is 18.2. The van der Waals surface area contributed by atoms with E-state index in [1.807, 2.05) is 30.3 Å². The summed E-state index contributed by atoms with van der Waals surface area (Å²) in [5.41, 5.74) is 1.90. The summed E-state index contributed by atoms with van der Waals surface area (Å²) in [6.07, 6.45) is 0. The van der Waals surface area contributed by atoms with Gasteiger partial charge in [-0.15, -0.1) is 0 Å². The summed E-state index contributed by atoms with van der Waals surface area (Å²) in [5, 5.41) is 23.1. The Bertz CT molecular complexity index is 925. The third-order valence-electron chi connectivity index (χ3n) is 3.53. The molecule has 0 saturated carbocycles. The number of carbonyl (C=O) groups is 1. The number of nitro groups is 1. The predicted molar refractivity (Wildman–Crippen MR) is 99.7 cm³/mol. The zero-order chi connectivity index (χ0) is 17.8. The van der Waals surface area contributed by atoms with Gasteiger partial charge in [-0.1, -0.05) is 37.8 Å². The molecule has 0 saturated heterocycles. The molecule has 7 heteroatoms. The van der Waals surface area contributed by atoms with E-state index >= 15 is 0 Å². The molecular formula is C19H17N3O4. The molecule has 26 heavy (non-hydrogen) atoms. The Labute approximate surface area is 150 Å². The van der Waals surface area contributed by atoms with Crippen LogP contribution in [0, 0.1) is 10.1 Å². The fourth-order valence-corrected chi connectivity index (χ4v) is 2.29. The van der Waals surface area contributed by atoms with Gasteiger partial charge in [0.25, 0.3) is 0 Å². The summed E-state index contributed by atoms with van der Waals surface area (Å²) in [7, 11) is 0. The molecule has 0 aliphatic carbocycles.